The van der Waals surface area contributed by atoms with Crippen LogP contribution in [0.4, 0.5) is 5.69 Å². The second-order valence-corrected chi connectivity index (χ2v) is 2.84. The van der Waals surface area contributed by atoms with Gasteiger partial charge in [0.25, 0.3) is 0 Å². The van der Waals surface area contributed by atoms with Crippen LogP contribution in [0.5, 0.6) is 0 Å². The standard InChI is InChI=1S/C8H9BClNO2/c1-13-5-11-8-6(9-12)3-2-4-7(8)10/h2-4,11H,5H2,1H3. The van der Waals surface area contributed by atoms with Crippen LogP contribution in [0.3, 0.4) is 0 Å². The Morgan fingerprint density at radius 2 is 2.38 bits per heavy atom. The van der Waals surface area contributed by atoms with Crippen molar-refractivity contribution in [2.24, 2.45) is 0 Å². The molecule has 0 unspecified atom stereocenters. The zero-order valence-corrected chi connectivity index (χ0v) is 7.97. The maximum atomic E-state index is 10.6. The first kappa shape index (κ1) is 10.2. The zero-order chi connectivity index (χ0) is 9.68. The van der Waals surface area contributed by atoms with Crippen LogP contribution in [0.2, 0.25) is 5.02 Å². The molecule has 1 aromatic rings. The van der Waals surface area contributed by atoms with E-state index in [2.05, 4.69) is 5.32 Å². The Morgan fingerprint density at radius 1 is 1.62 bits per heavy atom. The van der Waals surface area contributed by atoms with Gasteiger partial charge in [0.05, 0.1) is 0 Å². The van der Waals surface area contributed by atoms with Crippen molar-refractivity contribution in [2.45, 2.75) is 0 Å². The molecule has 0 saturated carbocycles. The summed E-state index contributed by atoms with van der Waals surface area (Å²) < 4.78 is 15.4. The van der Waals surface area contributed by atoms with E-state index in [0.29, 0.717) is 22.9 Å². The van der Waals surface area contributed by atoms with E-state index in [-0.39, 0.29) is 0 Å². The minimum atomic E-state index is 0.324. The summed E-state index contributed by atoms with van der Waals surface area (Å²) in [6, 6.07) is 5.13. The Labute approximate surface area is 82.3 Å². The van der Waals surface area contributed by atoms with E-state index in [0.717, 1.165) is 7.15 Å². The first-order chi connectivity index (χ1) is 6.29. The first-order valence-electron chi connectivity index (χ1n) is 3.76. The van der Waals surface area contributed by atoms with Gasteiger partial charge in [-0.2, -0.15) is 0 Å². The summed E-state index contributed by atoms with van der Waals surface area (Å²) in [5.74, 6) is 0. The third-order valence-electron chi connectivity index (χ3n) is 1.57. The van der Waals surface area contributed by atoms with Crippen molar-refractivity contribution in [1.29, 1.82) is 0 Å². The molecule has 0 aliphatic carbocycles. The number of methoxy groups -OCH3 is 1. The molecule has 3 nitrogen and oxygen atoms in total. The Morgan fingerprint density at radius 3 is 3.00 bits per heavy atom. The molecule has 0 bridgehead atoms. The van der Waals surface area contributed by atoms with Gasteiger partial charge >= 0.3 is 81.7 Å². The molecule has 0 heterocycles. The Kier molecular flexibility index (Phi) is 3.92. The Bertz CT molecular complexity index is 306. The van der Waals surface area contributed by atoms with Gasteiger partial charge in [-0.25, -0.2) is 0 Å². The number of benzene rings is 1. The Hall–Kier alpha value is -0.865. The number of halogens is 1. The van der Waals surface area contributed by atoms with E-state index in [1.807, 2.05) is 0 Å². The number of ether oxygens (including phenoxy) is 1. The van der Waals surface area contributed by atoms with E-state index in [1.54, 1.807) is 25.3 Å². The van der Waals surface area contributed by atoms with Crippen LogP contribution in [0, 0.1) is 0 Å². The predicted molar refractivity (Wildman–Crippen MR) is 53.0 cm³/mol. The molecule has 0 radical (unpaired) electrons. The van der Waals surface area contributed by atoms with Gasteiger partial charge in [-0.1, -0.05) is 0 Å². The van der Waals surface area contributed by atoms with Gasteiger partial charge < -0.3 is 0 Å². The van der Waals surface area contributed by atoms with Gasteiger partial charge in [0.2, 0.25) is 0 Å². The predicted octanol–water partition coefficient (Wildman–Crippen LogP) is 1.03. The average Bonchev–Trinajstić information content (AvgIpc) is 2.15. The van der Waals surface area contributed by atoms with Crippen molar-refractivity contribution >= 4 is 29.9 Å². The molecule has 1 rings (SSSR count). The monoisotopic (exact) mass is 197 g/mol. The molecule has 0 aromatic heterocycles. The second kappa shape index (κ2) is 4.99. The fourth-order valence-corrected chi connectivity index (χ4v) is 1.22. The number of hydrogen-bond donors (Lipinski definition) is 1. The van der Waals surface area contributed by atoms with E-state index in [4.69, 9.17) is 16.3 Å². The summed E-state index contributed by atoms with van der Waals surface area (Å²) in [4.78, 5) is 0. The summed E-state index contributed by atoms with van der Waals surface area (Å²) >= 11 is 5.87. The molecular formula is C8H9BClNO2. The molecule has 1 N–H and O–H groups in total. The molecule has 0 saturated heterocycles. The molecule has 13 heavy (non-hydrogen) atoms. The van der Waals surface area contributed by atoms with Gasteiger partial charge in [0, 0.05) is 0 Å². The maximum absolute atomic E-state index is 10.6. The Balaban J connectivity index is 2.93. The topological polar surface area (TPSA) is 38.3 Å². The van der Waals surface area contributed by atoms with Crippen LogP contribution in [-0.2, 0) is 9.44 Å². The minimum absolute atomic E-state index is 0.324. The summed E-state index contributed by atoms with van der Waals surface area (Å²) in [7, 11) is 2.31. The molecule has 1 aromatic carbocycles. The molecule has 0 aliphatic rings. The van der Waals surface area contributed by atoms with Gasteiger partial charge in [-0.3, -0.25) is 0 Å². The number of rotatable bonds is 4. The van der Waals surface area contributed by atoms with E-state index in [9.17, 15) is 4.70 Å². The average molecular weight is 197 g/mol. The van der Waals surface area contributed by atoms with Crippen molar-refractivity contribution in [3.63, 3.8) is 0 Å². The van der Waals surface area contributed by atoms with Crippen molar-refractivity contribution in [3.05, 3.63) is 23.2 Å². The summed E-state index contributed by atoms with van der Waals surface area (Å²) in [5, 5.41) is 3.41. The summed E-state index contributed by atoms with van der Waals surface area (Å²) in [5.41, 5.74) is 1.14. The van der Waals surface area contributed by atoms with E-state index >= 15 is 0 Å². The molecule has 5 heteroatoms. The van der Waals surface area contributed by atoms with Gasteiger partial charge in [-0.15, -0.1) is 0 Å². The molecule has 0 spiro atoms. The molecule has 0 atom stereocenters. The zero-order valence-electron chi connectivity index (χ0n) is 7.21. The molecule has 0 fully saturated rings. The number of para-hydroxylation sites is 1. The van der Waals surface area contributed by atoms with Crippen molar-refractivity contribution in [1.82, 2.24) is 0 Å². The first-order valence-corrected chi connectivity index (χ1v) is 4.14. The fraction of sp³-hybridized carbons (Fsp3) is 0.250. The molecule has 68 valence electrons. The number of nitrogens with one attached hydrogen (secondary N) is 1. The molecular weight excluding hydrogens is 188 g/mol. The van der Waals surface area contributed by atoms with Gasteiger partial charge in [0.1, 0.15) is 0 Å². The van der Waals surface area contributed by atoms with Crippen LogP contribution < -0.4 is 10.8 Å². The van der Waals surface area contributed by atoms with E-state index in [1.165, 1.54) is 0 Å². The summed E-state index contributed by atoms with van der Waals surface area (Å²) in [6.07, 6.45) is 0. The van der Waals surface area contributed by atoms with Gasteiger partial charge in [0.15, 0.2) is 0 Å². The normalized spacial score (nSPS) is 9.38. The molecule has 0 amide bonds. The fourth-order valence-electron chi connectivity index (χ4n) is 0.970. The van der Waals surface area contributed by atoms with Crippen LogP contribution in [0.15, 0.2) is 18.2 Å². The third-order valence-corrected chi connectivity index (χ3v) is 1.88. The quantitative estimate of drug-likeness (QED) is 0.579. The SMILES string of the molecule is COCNc1c(Cl)cccc1B=O. The van der Waals surface area contributed by atoms with Gasteiger partial charge in [-0.05, 0) is 0 Å². The van der Waals surface area contributed by atoms with Crippen LogP contribution in [-0.4, -0.2) is 21.0 Å². The van der Waals surface area contributed by atoms with Crippen molar-refractivity contribution in [3.8, 4) is 0 Å². The van der Waals surface area contributed by atoms with Crippen molar-refractivity contribution < 1.29 is 9.44 Å². The third kappa shape index (κ3) is 2.54. The van der Waals surface area contributed by atoms with Crippen LogP contribution in [0.25, 0.3) is 0 Å². The van der Waals surface area contributed by atoms with Crippen LogP contribution >= 0.6 is 11.6 Å². The second-order valence-electron chi connectivity index (χ2n) is 2.43. The van der Waals surface area contributed by atoms with Crippen LogP contribution in [0.1, 0.15) is 0 Å². The summed E-state index contributed by atoms with van der Waals surface area (Å²) in [6.45, 7) is 0.324. The number of anilines is 1. The number of hydrogen-bond acceptors (Lipinski definition) is 3. The van der Waals surface area contributed by atoms with E-state index < -0.39 is 0 Å². The van der Waals surface area contributed by atoms with Crippen molar-refractivity contribution in [2.75, 3.05) is 19.2 Å². The molecule has 0 aliphatic heterocycles.